The second-order valence-corrected chi connectivity index (χ2v) is 8.41. The van der Waals surface area contributed by atoms with Crippen LogP contribution in [0.15, 0.2) is 29.2 Å². The fourth-order valence-corrected chi connectivity index (χ4v) is 3.98. The molecule has 2 aliphatic heterocycles. The molecule has 1 fully saturated rings. The average molecular weight is 415 g/mol. The van der Waals surface area contributed by atoms with Crippen molar-refractivity contribution in [2.24, 2.45) is 0 Å². The topological polar surface area (TPSA) is 80.6 Å². The van der Waals surface area contributed by atoms with E-state index in [9.17, 15) is 9.59 Å². The van der Waals surface area contributed by atoms with E-state index in [0.29, 0.717) is 44.4 Å². The Morgan fingerprint density at radius 3 is 2.83 bits per heavy atom. The van der Waals surface area contributed by atoms with Crippen molar-refractivity contribution in [3.63, 3.8) is 0 Å². The highest BCUT2D eigenvalue weighted by molar-refractivity contribution is 5.97. The molecule has 8 nitrogen and oxygen atoms in total. The summed E-state index contributed by atoms with van der Waals surface area (Å²) in [7, 11) is 0. The SMILES string of the molecule is CC1COCCN1c1nc2n(c(=O)c1F)CCC(C)(C)N2CC(=O)c1ccccn1. The quantitative estimate of drug-likeness (QED) is 0.706. The third-order valence-corrected chi connectivity index (χ3v) is 5.89. The van der Waals surface area contributed by atoms with Gasteiger partial charge in [0.25, 0.3) is 5.56 Å². The van der Waals surface area contributed by atoms with Crippen LogP contribution in [0.4, 0.5) is 16.2 Å². The first-order chi connectivity index (χ1) is 14.3. The van der Waals surface area contributed by atoms with E-state index < -0.39 is 16.9 Å². The van der Waals surface area contributed by atoms with Gasteiger partial charge in [0.1, 0.15) is 5.69 Å². The van der Waals surface area contributed by atoms with E-state index in [1.165, 1.54) is 4.57 Å². The Morgan fingerprint density at radius 1 is 1.33 bits per heavy atom. The number of aromatic nitrogens is 3. The number of fused-ring (bicyclic) bond motifs is 1. The van der Waals surface area contributed by atoms with E-state index in [2.05, 4.69) is 9.97 Å². The van der Waals surface area contributed by atoms with Crippen molar-refractivity contribution in [1.29, 1.82) is 0 Å². The lowest BCUT2D eigenvalue weighted by Gasteiger charge is -2.44. The molecule has 1 saturated heterocycles. The molecule has 0 radical (unpaired) electrons. The number of ketones is 1. The second-order valence-electron chi connectivity index (χ2n) is 8.41. The maximum Gasteiger partial charge on any atom is 0.293 e. The van der Waals surface area contributed by atoms with E-state index in [1.807, 2.05) is 20.8 Å². The van der Waals surface area contributed by atoms with Crippen LogP contribution in [0.25, 0.3) is 0 Å². The zero-order chi connectivity index (χ0) is 21.5. The number of nitrogens with zero attached hydrogens (tertiary/aromatic N) is 5. The Kier molecular flexibility index (Phi) is 5.31. The minimum Gasteiger partial charge on any atom is -0.377 e. The molecule has 0 N–H and O–H groups in total. The smallest absolute Gasteiger partial charge is 0.293 e. The van der Waals surface area contributed by atoms with Crippen LogP contribution in [0.5, 0.6) is 0 Å². The molecule has 1 unspecified atom stereocenters. The van der Waals surface area contributed by atoms with Crippen LogP contribution in [0.1, 0.15) is 37.7 Å². The van der Waals surface area contributed by atoms with E-state index in [4.69, 9.17) is 4.74 Å². The van der Waals surface area contributed by atoms with Gasteiger partial charge in [0, 0.05) is 24.8 Å². The van der Waals surface area contributed by atoms with Crippen LogP contribution < -0.4 is 15.4 Å². The Bertz CT molecular complexity index is 1010. The fourth-order valence-electron chi connectivity index (χ4n) is 3.98. The molecule has 2 aromatic rings. The predicted molar refractivity (Wildman–Crippen MR) is 111 cm³/mol. The number of pyridine rings is 1. The van der Waals surface area contributed by atoms with Gasteiger partial charge < -0.3 is 14.5 Å². The van der Waals surface area contributed by atoms with Crippen molar-refractivity contribution >= 4 is 17.5 Å². The van der Waals surface area contributed by atoms with E-state index >= 15 is 4.39 Å². The summed E-state index contributed by atoms with van der Waals surface area (Å²) in [6.07, 6.45) is 2.16. The summed E-state index contributed by atoms with van der Waals surface area (Å²) in [5.74, 6) is -0.703. The molecule has 9 heteroatoms. The second kappa shape index (κ2) is 7.79. The van der Waals surface area contributed by atoms with Crippen LogP contribution >= 0.6 is 0 Å². The molecule has 160 valence electrons. The number of ether oxygens (including phenoxy) is 1. The van der Waals surface area contributed by atoms with Crippen LogP contribution in [0, 0.1) is 5.82 Å². The van der Waals surface area contributed by atoms with Crippen LogP contribution in [0.3, 0.4) is 0 Å². The summed E-state index contributed by atoms with van der Waals surface area (Å²) in [6, 6.07) is 5.05. The summed E-state index contributed by atoms with van der Waals surface area (Å²) < 4.78 is 21.8. The Balaban J connectivity index is 1.77. The highest BCUT2D eigenvalue weighted by Gasteiger charge is 2.38. The summed E-state index contributed by atoms with van der Waals surface area (Å²) in [5.41, 5.74) is -0.799. The van der Waals surface area contributed by atoms with Gasteiger partial charge in [-0.25, -0.2) is 0 Å². The van der Waals surface area contributed by atoms with Gasteiger partial charge >= 0.3 is 0 Å². The number of hydrogen-bond donors (Lipinski definition) is 0. The minimum atomic E-state index is -0.858. The van der Waals surface area contributed by atoms with Gasteiger partial charge in [-0.05, 0) is 39.3 Å². The minimum absolute atomic E-state index is 0.000189. The molecule has 2 aromatic heterocycles. The van der Waals surface area contributed by atoms with E-state index in [0.717, 1.165) is 0 Å². The summed E-state index contributed by atoms with van der Waals surface area (Å²) in [6.45, 7) is 7.57. The first kappa shape index (κ1) is 20.5. The average Bonchev–Trinajstić information content (AvgIpc) is 2.73. The highest BCUT2D eigenvalue weighted by Crippen LogP contribution is 2.32. The molecular formula is C21H26FN5O3. The largest absolute Gasteiger partial charge is 0.377 e. The first-order valence-corrected chi connectivity index (χ1v) is 10.2. The summed E-state index contributed by atoms with van der Waals surface area (Å²) >= 11 is 0. The zero-order valence-corrected chi connectivity index (χ0v) is 17.5. The number of Topliss-reactive ketones (excluding diaryl/α,β-unsaturated/α-hetero) is 1. The molecule has 0 spiro atoms. The molecule has 0 amide bonds. The van der Waals surface area contributed by atoms with E-state index in [-0.39, 0.29) is 24.2 Å². The van der Waals surface area contributed by atoms with Gasteiger partial charge in [-0.3, -0.25) is 19.1 Å². The number of hydrogen-bond acceptors (Lipinski definition) is 7. The number of morpholine rings is 1. The number of rotatable bonds is 4. The molecule has 0 aromatic carbocycles. The fraction of sp³-hybridized carbons (Fsp3) is 0.524. The standard InChI is InChI=1S/C21H26FN5O3/c1-14-13-30-11-10-25(14)18-17(22)19(29)26-9-7-21(2,3)27(20(26)24-18)12-16(28)15-6-4-5-8-23-15/h4-6,8,14H,7,9-13H2,1-3H3. The number of anilines is 2. The lowest BCUT2D eigenvalue weighted by molar-refractivity contribution is 0.0979. The summed E-state index contributed by atoms with van der Waals surface area (Å²) in [5, 5.41) is 0. The molecule has 0 aliphatic carbocycles. The van der Waals surface area contributed by atoms with Gasteiger partial charge in [-0.1, -0.05) is 6.07 Å². The maximum atomic E-state index is 15.0. The van der Waals surface area contributed by atoms with Crippen molar-refractivity contribution in [2.45, 2.75) is 45.3 Å². The van der Waals surface area contributed by atoms with Crippen molar-refractivity contribution in [1.82, 2.24) is 14.5 Å². The lowest BCUT2D eigenvalue weighted by Crippen LogP contribution is -2.54. The monoisotopic (exact) mass is 415 g/mol. The molecule has 2 aliphatic rings. The Hall–Kier alpha value is -2.81. The first-order valence-electron chi connectivity index (χ1n) is 10.2. The van der Waals surface area contributed by atoms with Crippen LogP contribution in [0.2, 0.25) is 0 Å². The number of carbonyl (C=O) groups is 1. The highest BCUT2D eigenvalue weighted by atomic mass is 19.1. The Labute approximate surface area is 174 Å². The van der Waals surface area contributed by atoms with Crippen molar-refractivity contribution in [3.05, 3.63) is 46.3 Å². The van der Waals surface area contributed by atoms with Gasteiger partial charge in [0.05, 0.1) is 25.8 Å². The van der Waals surface area contributed by atoms with Crippen LogP contribution in [-0.4, -0.2) is 58.2 Å². The van der Waals surface area contributed by atoms with Crippen molar-refractivity contribution in [2.75, 3.05) is 36.1 Å². The maximum absolute atomic E-state index is 15.0. The molecule has 1 atom stereocenters. The molecule has 0 bridgehead atoms. The third kappa shape index (κ3) is 3.58. The van der Waals surface area contributed by atoms with E-state index in [1.54, 1.807) is 34.2 Å². The third-order valence-electron chi connectivity index (χ3n) is 5.89. The zero-order valence-electron chi connectivity index (χ0n) is 17.5. The normalized spacial score (nSPS) is 20.7. The lowest BCUT2D eigenvalue weighted by atomic mass is 9.95. The van der Waals surface area contributed by atoms with Gasteiger partial charge in [0.2, 0.25) is 11.8 Å². The van der Waals surface area contributed by atoms with Gasteiger partial charge in [-0.2, -0.15) is 9.37 Å². The molecular weight excluding hydrogens is 389 g/mol. The number of halogens is 1. The molecule has 4 heterocycles. The molecule has 0 saturated carbocycles. The van der Waals surface area contributed by atoms with Gasteiger partial charge in [0.15, 0.2) is 11.6 Å². The predicted octanol–water partition coefficient (Wildman–Crippen LogP) is 1.87. The van der Waals surface area contributed by atoms with Crippen molar-refractivity contribution < 1.29 is 13.9 Å². The van der Waals surface area contributed by atoms with Crippen molar-refractivity contribution in [3.8, 4) is 0 Å². The number of carbonyl (C=O) groups excluding carboxylic acids is 1. The van der Waals surface area contributed by atoms with Gasteiger partial charge in [-0.15, -0.1) is 0 Å². The molecule has 4 rings (SSSR count). The Morgan fingerprint density at radius 2 is 2.13 bits per heavy atom. The van der Waals surface area contributed by atoms with Crippen LogP contribution in [-0.2, 0) is 11.3 Å². The molecule has 30 heavy (non-hydrogen) atoms. The summed E-state index contributed by atoms with van der Waals surface area (Å²) in [4.78, 5) is 38.0.